The second-order valence-electron chi connectivity index (χ2n) is 8.77. The molecular formula is C25H29N3O6S2. The molecule has 0 spiro atoms. The maximum absolute atomic E-state index is 13.1. The van der Waals surface area contributed by atoms with Crippen LogP contribution in [0.2, 0.25) is 0 Å². The molecule has 2 atom stereocenters. The van der Waals surface area contributed by atoms with Crippen molar-refractivity contribution >= 4 is 43.5 Å². The number of aryl methyl sites for hydroxylation is 1. The third-order valence-corrected chi connectivity index (χ3v) is 8.64. The Morgan fingerprint density at radius 3 is 2.42 bits per heavy atom. The van der Waals surface area contributed by atoms with Gasteiger partial charge in [0.25, 0.3) is 5.91 Å². The van der Waals surface area contributed by atoms with Crippen LogP contribution in [0.25, 0.3) is 10.2 Å². The number of aromatic nitrogens is 1. The molecule has 0 aliphatic carbocycles. The van der Waals surface area contributed by atoms with E-state index >= 15 is 0 Å². The van der Waals surface area contributed by atoms with Crippen molar-refractivity contribution in [2.45, 2.75) is 51.3 Å². The minimum atomic E-state index is -3.72. The van der Waals surface area contributed by atoms with Crippen LogP contribution in [0.15, 0.2) is 52.4 Å². The summed E-state index contributed by atoms with van der Waals surface area (Å²) in [5.41, 5.74) is 2.07. The van der Waals surface area contributed by atoms with Crippen LogP contribution in [-0.4, -0.2) is 61.1 Å². The molecule has 0 saturated carbocycles. The number of benzene rings is 2. The van der Waals surface area contributed by atoms with Gasteiger partial charge in [-0.2, -0.15) is 9.30 Å². The van der Waals surface area contributed by atoms with Gasteiger partial charge in [-0.15, -0.1) is 0 Å². The number of fused-ring (bicyclic) bond motifs is 1. The molecule has 192 valence electrons. The maximum Gasteiger partial charge on any atom is 0.326 e. The van der Waals surface area contributed by atoms with Crippen LogP contribution in [-0.2, 0) is 30.8 Å². The molecular weight excluding hydrogens is 502 g/mol. The minimum Gasteiger partial charge on any atom is -0.465 e. The number of carbonyl (C=O) groups excluding carboxylic acids is 2. The number of hydrogen-bond acceptors (Lipinski definition) is 7. The first-order valence-corrected chi connectivity index (χ1v) is 13.9. The van der Waals surface area contributed by atoms with Gasteiger partial charge in [0.2, 0.25) is 10.0 Å². The molecule has 1 aliphatic rings. The van der Waals surface area contributed by atoms with E-state index in [1.54, 1.807) is 11.5 Å². The standard InChI is InChI=1S/C25H29N3O6S2/c1-5-33-23(29)15-28-21-11-6-16(2)12-22(21)35-25(28)26-24(30)19-7-9-20(10-8-19)36(31,32)27-13-17(3)34-18(4)14-27/h6-12,17-18H,5,13-15H2,1-4H3/t17-,18+. The van der Waals surface area contributed by atoms with Crippen molar-refractivity contribution in [1.82, 2.24) is 8.87 Å². The van der Waals surface area contributed by atoms with E-state index in [1.165, 1.54) is 39.9 Å². The van der Waals surface area contributed by atoms with Gasteiger partial charge >= 0.3 is 5.97 Å². The van der Waals surface area contributed by atoms with Gasteiger partial charge in [0.1, 0.15) is 6.54 Å². The summed E-state index contributed by atoms with van der Waals surface area (Å²) in [5, 5.41) is 0. The molecule has 0 unspecified atom stereocenters. The zero-order valence-electron chi connectivity index (χ0n) is 20.6. The molecule has 0 radical (unpaired) electrons. The number of morpholine rings is 1. The molecule has 4 rings (SSSR count). The van der Waals surface area contributed by atoms with Crippen LogP contribution in [0.5, 0.6) is 0 Å². The first-order valence-electron chi connectivity index (χ1n) is 11.7. The summed E-state index contributed by atoms with van der Waals surface area (Å²) in [7, 11) is -3.72. The fourth-order valence-electron chi connectivity index (χ4n) is 4.15. The van der Waals surface area contributed by atoms with Crippen LogP contribution in [0.4, 0.5) is 0 Å². The van der Waals surface area contributed by atoms with Gasteiger partial charge in [0.05, 0.1) is 33.9 Å². The normalized spacial score (nSPS) is 19.5. The number of ether oxygens (including phenoxy) is 2. The van der Waals surface area contributed by atoms with E-state index in [1.807, 2.05) is 39.0 Å². The topological polar surface area (TPSA) is 107 Å². The molecule has 0 N–H and O–H groups in total. The molecule has 1 aliphatic heterocycles. The Labute approximate surface area is 214 Å². The van der Waals surface area contributed by atoms with Gasteiger partial charge in [-0.1, -0.05) is 17.4 Å². The van der Waals surface area contributed by atoms with Crippen LogP contribution >= 0.6 is 11.3 Å². The predicted molar refractivity (Wildman–Crippen MR) is 136 cm³/mol. The minimum absolute atomic E-state index is 0.0728. The molecule has 1 amide bonds. The van der Waals surface area contributed by atoms with Gasteiger partial charge < -0.3 is 14.0 Å². The first-order chi connectivity index (χ1) is 17.1. The Morgan fingerprint density at radius 2 is 1.78 bits per heavy atom. The van der Waals surface area contributed by atoms with E-state index in [4.69, 9.17) is 9.47 Å². The Hall–Kier alpha value is -2.86. The summed E-state index contributed by atoms with van der Waals surface area (Å²) in [6.45, 7) is 8.10. The summed E-state index contributed by atoms with van der Waals surface area (Å²) >= 11 is 1.30. The van der Waals surface area contributed by atoms with Crippen LogP contribution in [0.1, 0.15) is 36.7 Å². The Balaban J connectivity index is 1.64. The van der Waals surface area contributed by atoms with Crippen molar-refractivity contribution < 1.29 is 27.5 Å². The summed E-state index contributed by atoms with van der Waals surface area (Å²) in [5.74, 6) is -0.957. The molecule has 36 heavy (non-hydrogen) atoms. The lowest BCUT2D eigenvalue weighted by Crippen LogP contribution is -2.48. The monoisotopic (exact) mass is 531 g/mol. The lowest BCUT2D eigenvalue weighted by atomic mass is 10.2. The summed E-state index contributed by atoms with van der Waals surface area (Å²) in [6.07, 6.45) is -0.399. The molecule has 1 fully saturated rings. The highest BCUT2D eigenvalue weighted by Crippen LogP contribution is 2.22. The molecule has 9 nitrogen and oxygen atoms in total. The van der Waals surface area contributed by atoms with E-state index in [0.717, 1.165) is 15.8 Å². The molecule has 2 aromatic carbocycles. The number of thiazole rings is 1. The summed E-state index contributed by atoms with van der Waals surface area (Å²) in [6, 6.07) is 11.5. The van der Waals surface area contributed by atoms with E-state index in [0.29, 0.717) is 4.80 Å². The van der Waals surface area contributed by atoms with E-state index in [2.05, 4.69) is 4.99 Å². The van der Waals surface area contributed by atoms with Crippen LogP contribution < -0.4 is 4.80 Å². The highest BCUT2D eigenvalue weighted by molar-refractivity contribution is 7.89. The molecule has 1 saturated heterocycles. The number of hydrogen-bond donors (Lipinski definition) is 0. The fraction of sp³-hybridized carbons (Fsp3) is 0.400. The van der Waals surface area contributed by atoms with Crippen LogP contribution in [0.3, 0.4) is 0 Å². The number of nitrogens with zero attached hydrogens (tertiary/aromatic N) is 3. The van der Waals surface area contributed by atoms with Crippen molar-refractivity contribution in [3.8, 4) is 0 Å². The van der Waals surface area contributed by atoms with E-state index in [-0.39, 0.29) is 48.9 Å². The number of carbonyl (C=O) groups is 2. The largest absolute Gasteiger partial charge is 0.465 e. The van der Waals surface area contributed by atoms with Gasteiger partial charge in [-0.3, -0.25) is 9.59 Å². The number of rotatable bonds is 6. The number of esters is 1. The number of amides is 1. The molecule has 0 bridgehead atoms. The fourth-order valence-corrected chi connectivity index (χ4v) is 6.87. The highest BCUT2D eigenvalue weighted by Gasteiger charge is 2.32. The molecule has 2 heterocycles. The quantitative estimate of drug-likeness (QED) is 0.453. The number of sulfonamides is 1. The highest BCUT2D eigenvalue weighted by atomic mass is 32.2. The van der Waals surface area contributed by atoms with E-state index < -0.39 is 21.9 Å². The second-order valence-corrected chi connectivity index (χ2v) is 11.7. The van der Waals surface area contributed by atoms with E-state index in [9.17, 15) is 18.0 Å². The van der Waals surface area contributed by atoms with Crippen molar-refractivity contribution in [3.63, 3.8) is 0 Å². The van der Waals surface area contributed by atoms with Gasteiger partial charge in [-0.25, -0.2) is 8.42 Å². The zero-order valence-corrected chi connectivity index (χ0v) is 22.3. The average Bonchev–Trinajstić information content (AvgIpc) is 3.14. The van der Waals surface area contributed by atoms with Gasteiger partial charge in [-0.05, 0) is 69.7 Å². The molecule has 3 aromatic rings. The second kappa shape index (κ2) is 10.6. The summed E-state index contributed by atoms with van der Waals surface area (Å²) < 4.78 is 40.9. The van der Waals surface area contributed by atoms with Crippen molar-refractivity contribution in [3.05, 3.63) is 58.4 Å². The van der Waals surface area contributed by atoms with Crippen molar-refractivity contribution in [2.75, 3.05) is 19.7 Å². The Kier molecular flexibility index (Phi) is 7.74. The van der Waals surface area contributed by atoms with Gasteiger partial charge in [0.15, 0.2) is 4.80 Å². The first kappa shape index (κ1) is 26.2. The zero-order chi connectivity index (χ0) is 26.0. The summed E-state index contributed by atoms with van der Waals surface area (Å²) in [4.78, 5) is 29.9. The molecule has 1 aromatic heterocycles. The predicted octanol–water partition coefficient (Wildman–Crippen LogP) is 3.11. The van der Waals surface area contributed by atoms with Crippen molar-refractivity contribution in [2.24, 2.45) is 4.99 Å². The van der Waals surface area contributed by atoms with Gasteiger partial charge in [0, 0.05) is 18.7 Å². The molecule has 11 heteroatoms. The smallest absolute Gasteiger partial charge is 0.326 e. The van der Waals surface area contributed by atoms with Crippen molar-refractivity contribution in [1.29, 1.82) is 0 Å². The third kappa shape index (κ3) is 5.59. The van der Waals surface area contributed by atoms with Crippen LogP contribution in [0, 0.1) is 6.92 Å². The maximum atomic E-state index is 13.1. The average molecular weight is 532 g/mol. The Morgan fingerprint density at radius 1 is 1.11 bits per heavy atom. The third-order valence-electron chi connectivity index (χ3n) is 5.75. The lowest BCUT2D eigenvalue weighted by Gasteiger charge is -2.34. The SMILES string of the molecule is CCOC(=O)Cn1c(=NC(=O)c2ccc(S(=O)(=O)N3C[C@@H](C)O[C@@H](C)C3)cc2)sc2cc(C)ccc21. The lowest BCUT2D eigenvalue weighted by molar-refractivity contribution is -0.143. The Bertz CT molecular complexity index is 1450.